The molecule has 2 aromatic rings. The van der Waals surface area contributed by atoms with Crippen LogP contribution in [0.4, 0.5) is 0 Å². The fourth-order valence-corrected chi connectivity index (χ4v) is 4.40. The smallest absolute Gasteiger partial charge is 0.353 e. The molecule has 2 bridgehead atoms. The molecule has 1 aromatic carbocycles. The molecule has 0 amide bonds. The van der Waals surface area contributed by atoms with Crippen LogP contribution in [-0.4, -0.2) is 44.6 Å². The largest absolute Gasteiger partial charge is 0.388 e. The maximum Gasteiger partial charge on any atom is 0.353 e. The highest BCUT2D eigenvalue weighted by atomic mass is 79.9. The molecule has 26 heavy (non-hydrogen) atoms. The van der Waals surface area contributed by atoms with Gasteiger partial charge in [-0.2, -0.15) is 0 Å². The predicted molar refractivity (Wildman–Crippen MR) is 96.7 cm³/mol. The van der Waals surface area contributed by atoms with E-state index in [4.69, 9.17) is 9.47 Å². The third-order valence-corrected chi connectivity index (χ3v) is 5.77. The molecule has 0 saturated heterocycles. The van der Waals surface area contributed by atoms with Crippen LogP contribution < -0.4 is 11.4 Å². The van der Waals surface area contributed by atoms with E-state index in [2.05, 4.69) is 15.9 Å². The van der Waals surface area contributed by atoms with Crippen molar-refractivity contribution in [3.05, 3.63) is 63.5 Å². The summed E-state index contributed by atoms with van der Waals surface area (Å²) in [5, 5.41) is 10.7. The van der Waals surface area contributed by atoms with Crippen LogP contribution in [0.15, 0.2) is 52.1 Å². The molecule has 3 aliphatic rings. The summed E-state index contributed by atoms with van der Waals surface area (Å²) < 4.78 is 13.4. The van der Waals surface area contributed by atoms with Gasteiger partial charge >= 0.3 is 11.4 Å². The zero-order valence-corrected chi connectivity index (χ0v) is 15.6. The number of hydrogen-bond donors (Lipinski definition) is 1. The molecule has 138 valence electrons. The summed E-state index contributed by atoms with van der Waals surface area (Å²) in [7, 11) is 0. The first-order valence-electron chi connectivity index (χ1n) is 8.29. The van der Waals surface area contributed by atoms with E-state index in [0.717, 1.165) is 4.57 Å². The van der Waals surface area contributed by atoms with Gasteiger partial charge in [0.15, 0.2) is 4.45 Å². The van der Waals surface area contributed by atoms with Crippen LogP contribution in [0.1, 0.15) is 13.0 Å². The Labute approximate surface area is 157 Å². The molecule has 1 N–H and O–H groups in total. The molecule has 2 aliphatic heterocycles. The number of alkyl halides is 1. The van der Waals surface area contributed by atoms with Crippen LogP contribution in [-0.2, 0) is 13.9 Å². The van der Waals surface area contributed by atoms with Crippen molar-refractivity contribution in [2.24, 2.45) is 0 Å². The normalized spacial score (nSPS) is 29.1. The minimum absolute atomic E-state index is 0.0233. The van der Waals surface area contributed by atoms with Crippen LogP contribution in [0.2, 0.25) is 0 Å². The molecule has 0 saturated carbocycles. The lowest BCUT2D eigenvalue weighted by Crippen LogP contribution is -2.63. The molecule has 0 unspecified atom stereocenters. The molecule has 0 spiro atoms. The molecule has 8 nitrogen and oxygen atoms in total. The predicted octanol–water partition coefficient (Wildman–Crippen LogP) is 0.713. The van der Waals surface area contributed by atoms with Gasteiger partial charge in [-0.3, -0.25) is 0 Å². The van der Waals surface area contributed by atoms with Crippen molar-refractivity contribution in [2.45, 2.75) is 29.6 Å². The van der Waals surface area contributed by atoms with Crippen LogP contribution in [0.3, 0.4) is 0 Å². The number of nitrogens with zero attached hydrogens (tertiary/aromatic N) is 3. The van der Waals surface area contributed by atoms with Crippen molar-refractivity contribution < 1.29 is 14.6 Å². The number of aromatic nitrogens is 3. The average Bonchev–Trinajstić information content (AvgIpc) is 2.91. The molecule has 0 fully saturated rings. The van der Waals surface area contributed by atoms with E-state index in [0.29, 0.717) is 12.3 Å². The standard InChI is InChI=1S/C17H18BrN3O5/c1-2-25-10-26-14-13(22)12-8-9-17(14,18)21-16(24)19(15(23)20(12)21)11-6-4-3-5-7-11/h3-9,12-14,22H,2,10H2,1H3/t12-,13-,14+,17+/m1/s1. The lowest BCUT2D eigenvalue weighted by molar-refractivity contribution is -0.163. The summed E-state index contributed by atoms with van der Waals surface area (Å²) in [5.74, 6) is 0. The van der Waals surface area contributed by atoms with E-state index < -0.39 is 34.1 Å². The molecular formula is C17H18BrN3O5. The summed E-state index contributed by atoms with van der Waals surface area (Å²) in [6.45, 7) is 2.27. The Morgan fingerprint density at radius 2 is 1.96 bits per heavy atom. The number of rotatable bonds is 5. The highest BCUT2D eigenvalue weighted by molar-refractivity contribution is 9.09. The summed E-state index contributed by atoms with van der Waals surface area (Å²) in [6, 6.07) is 7.98. The number of para-hydroxylation sites is 1. The average molecular weight is 424 g/mol. The molecule has 1 aliphatic carbocycles. The Bertz CT molecular complexity index is 963. The Balaban J connectivity index is 1.88. The number of halogens is 1. The number of fused-ring (bicyclic) bond motifs is 1. The van der Waals surface area contributed by atoms with Gasteiger partial charge in [-0.1, -0.05) is 40.2 Å². The second-order valence-corrected chi connectivity index (χ2v) is 7.43. The quantitative estimate of drug-likeness (QED) is 0.331. The molecule has 0 radical (unpaired) electrons. The van der Waals surface area contributed by atoms with Crippen molar-refractivity contribution >= 4 is 15.9 Å². The van der Waals surface area contributed by atoms with Crippen molar-refractivity contribution in [2.75, 3.05) is 13.4 Å². The Hall–Kier alpha value is -1.94. The van der Waals surface area contributed by atoms with Crippen LogP contribution in [0, 0.1) is 0 Å². The second kappa shape index (κ2) is 6.34. The van der Waals surface area contributed by atoms with Gasteiger partial charge in [-0.25, -0.2) is 23.5 Å². The molecule has 4 atom stereocenters. The van der Waals surface area contributed by atoms with Gasteiger partial charge in [-0.05, 0) is 25.1 Å². The summed E-state index contributed by atoms with van der Waals surface area (Å²) in [4.78, 5) is 26.0. The zero-order valence-electron chi connectivity index (χ0n) is 14.0. The third kappa shape index (κ3) is 2.31. The first-order valence-corrected chi connectivity index (χ1v) is 9.08. The van der Waals surface area contributed by atoms with E-state index in [1.807, 2.05) is 6.92 Å². The lowest BCUT2D eigenvalue weighted by Gasteiger charge is -2.47. The van der Waals surface area contributed by atoms with E-state index in [-0.39, 0.29) is 6.79 Å². The van der Waals surface area contributed by atoms with Crippen molar-refractivity contribution in [1.29, 1.82) is 0 Å². The monoisotopic (exact) mass is 423 g/mol. The first-order chi connectivity index (χ1) is 12.5. The van der Waals surface area contributed by atoms with Gasteiger partial charge in [0, 0.05) is 6.61 Å². The first kappa shape index (κ1) is 17.5. The van der Waals surface area contributed by atoms with Gasteiger partial charge in [0.05, 0.1) is 5.69 Å². The maximum atomic E-state index is 13.1. The highest BCUT2D eigenvalue weighted by Gasteiger charge is 2.55. The van der Waals surface area contributed by atoms with E-state index in [9.17, 15) is 14.7 Å². The molecule has 1 aromatic heterocycles. The topological polar surface area (TPSA) is 87.6 Å². The van der Waals surface area contributed by atoms with Gasteiger partial charge in [-0.15, -0.1) is 0 Å². The molecule has 9 heteroatoms. The van der Waals surface area contributed by atoms with Crippen LogP contribution in [0.5, 0.6) is 0 Å². The number of aliphatic hydroxyl groups excluding tert-OH is 1. The second-order valence-electron chi connectivity index (χ2n) is 6.16. The van der Waals surface area contributed by atoms with Crippen LogP contribution in [0.25, 0.3) is 5.69 Å². The summed E-state index contributed by atoms with van der Waals surface area (Å²) >= 11 is 3.52. The number of aliphatic hydroxyl groups is 1. The van der Waals surface area contributed by atoms with Gasteiger partial charge in [0.1, 0.15) is 25.0 Å². The summed E-state index contributed by atoms with van der Waals surface area (Å²) in [5.41, 5.74) is -0.556. The SMILES string of the molecule is CCOCO[C@H]1[C@H](O)[C@H]2C=C[C@]1(Br)n1c(=O)n(-c3ccccc3)c(=O)n12. The third-order valence-electron chi connectivity index (χ3n) is 4.72. The Morgan fingerprint density at radius 1 is 1.23 bits per heavy atom. The molecule has 5 rings (SSSR count). The van der Waals surface area contributed by atoms with E-state index in [1.165, 1.54) is 9.36 Å². The lowest BCUT2D eigenvalue weighted by atomic mass is 9.90. The highest BCUT2D eigenvalue weighted by Crippen LogP contribution is 2.44. The van der Waals surface area contributed by atoms with Crippen molar-refractivity contribution in [1.82, 2.24) is 13.9 Å². The Kier molecular flexibility index (Phi) is 4.26. The van der Waals surface area contributed by atoms with E-state index >= 15 is 0 Å². The maximum absolute atomic E-state index is 13.1. The fraction of sp³-hybridized carbons (Fsp3) is 0.412. The minimum Gasteiger partial charge on any atom is -0.388 e. The molecular weight excluding hydrogens is 406 g/mol. The Morgan fingerprint density at radius 3 is 2.65 bits per heavy atom. The van der Waals surface area contributed by atoms with Gasteiger partial charge in [0.25, 0.3) is 0 Å². The number of hydrogen-bond acceptors (Lipinski definition) is 5. The van der Waals surface area contributed by atoms with Crippen molar-refractivity contribution in [3.8, 4) is 5.69 Å². The number of ether oxygens (including phenoxy) is 2. The zero-order chi connectivity index (χ0) is 18.5. The molecule has 3 heterocycles. The van der Waals surface area contributed by atoms with E-state index in [1.54, 1.807) is 42.5 Å². The van der Waals surface area contributed by atoms with Gasteiger partial charge < -0.3 is 14.6 Å². The minimum atomic E-state index is -1.19. The number of benzene rings is 1. The summed E-state index contributed by atoms with van der Waals surface area (Å²) in [6.07, 6.45) is 1.64. The van der Waals surface area contributed by atoms with Crippen LogP contribution >= 0.6 is 15.9 Å². The fourth-order valence-electron chi connectivity index (χ4n) is 3.53. The van der Waals surface area contributed by atoms with Crippen molar-refractivity contribution in [3.63, 3.8) is 0 Å². The van der Waals surface area contributed by atoms with Gasteiger partial charge in [0.2, 0.25) is 0 Å².